The van der Waals surface area contributed by atoms with Crippen LogP contribution in [0.2, 0.25) is 0 Å². The molecular weight excluding hydrogens is 341 g/mol. The summed E-state index contributed by atoms with van der Waals surface area (Å²) in [6, 6.07) is 11.6. The number of aromatic nitrogens is 1. The van der Waals surface area contributed by atoms with Crippen molar-refractivity contribution in [2.45, 2.75) is 18.1 Å². The maximum absolute atomic E-state index is 12.7. The van der Waals surface area contributed by atoms with Crippen molar-refractivity contribution in [1.29, 1.82) is 0 Å². The van der Waals surface area contributed by atoms with E-state index < -0.39 is 16.3 Å². The third-order valence-corrected chi connectivity index (χ3v) is 5.22. The number of hydrogen-bond acceptors (Lipinski definition) is 3. The van der Waals surface area contributed by atoms with Gasteiger partial charge in [0.05, 0.1) is 10.4 Å². The number of nitrogens with zero attached hydrogens (tertiary/aromatic N) is 1. The summed E-state index contributed by atoms with van der Waals surface area (Å²) in [5.74, 6) is 0. The Hall–Kier alpha value is -2.48. The molecule has 0 saturated carbocycles. The molecule has 0 aliphatic rings. The molecule has 126 valence electrons. The zero-order chi connectivity index (χ0) is 17.5. The summed E-state index contributed by atoms with van der Waals surface area (Å²) in [5, 5.41) is 1.79. The van der Waals surface area contributed by atoms with E-state index in [0.29, 0.717) is 10.9 Å². The van der Waals surface area contributed by atoms with Crippen molar-refractivity contribution in [2.24, 2.45) is 0 Å². The monoisotopic (exact) mass is 354 g/mol. The van der Waals surface area contributed by atoms with E-state index in [1.165, 1.54) is 47.9 Å². The first-order valence-electron chi connectivity index (χ1n) is 6.95. The molecule has 24 heavy (non-hydrogen) atoms. The van der Waals surface area contributed by atoms with Gasteiger partial charge in [0.25, 0.3) is 10.0 Å². The minimum absolute atomic E-state index is 0.114. The second kappa shape index (κ2) is 5.55. The molecule has 0 atom stereocenters. The maximum atomic E-state index is 12.7. The smallest absolute Gasteiger partial charge is 0.297 e. The molecule has 0 radical (unpaired) electrons. The van der Waals surface area contributed by atoms with Gasteiger partial charge in [-0.25, -0.2) is 12.4 Å². The van der Waals surface area contributed by atoms with Gasteiger partial charge in [0.2, 0.25) is 0 Å². The van der Waals surface area contributed by atoms with E-state index in [1.54, 1.807) is 12.1 Å². The summed E-state index contributed by atoms with van der Waals surface area (Å²) in [7, 11) is -3.81. The molecule has 1 N–H and O–H groups in total. The van der Waals surface area contributed by atoms with Crippen LogP contribution < -0.4 is 5.32 Å². The summed E-state index contributed by atoms with van der Waals surface area (Å²) >= 11 is 0. The first-order valence-corrected chi connectivity index (χ1v) is 8.39. The van der Waals surface area contributed by atoms with Crippen molar-refractivity contribution in [3.05, 3.63) is 60.3 Å². The topological polar surface area (TPSA) is 51.1 Å². The minimum Gasteiger partial charge on any atom is -0.297 e. The number of halogens is 3. The highest BCUT2D eigenvalue weighted by Gasteiger charge is 2.27. The number of rotatable bonds is 3. The fourth-order valence-corrected chi connectivity index (χ4v) is 3.75. The molecule has 4 nitrogen and oxygen atoms in total. The Bertz CT molecular complexity index is 990. The van der Waals surface area contributed by atoms with Crippen molar-refractivity contribution in [3.63, 3.8) is 0 Å². The Balaban J connectivity index is 2.06. The average Bonchev–Trinajstić information content (AvgIpc) is 2.89. The van der Waals surface area contributed by atoms with E-state index in [0.717, 1.165) is 9.54 Å². The molecule has 8 heteroatoms. The zero-order valence-electron chi connectivity index (χ0n) is 12.5. The Morgan fingerprint density at radius 2 is 1.67 bits per heavy atom. The highest BCUT2D eigenvalue weighted by molar-refractivity contribution is 7.90. The normalized spacial score (nSPS) is 12.5. The van der Waals surface area contributed by atoms with E-state index in [4.69, 9.17) is 0 Å². The van der Waals surface area contributed by atoms with Crippen LogP contribution in [0.1, 0.15) is 5.56 Å². The summed E-state index contributed by atoms with van der Waals surface area (Å²) < 4.78 is 63.6. The summed E-state index contributed by atoms with van der Waals surface area (Å²) in [6.07, 6.45) is -3.22. The molecule has 3 rings (SSSR count). The van der Waals surface area contributed by atoms with Crippen molar-refractivity contribution in [2.75, 3.05) is 5.32 Å². The fourth-order valence-electron chi connectivity index (χ4n) is 2.39. The zero-order valence-corrected chi connectivity index (χ0v) is 13.3. The first-order chi connectivity index (χ1) is 11.2. The van der Waals surface area contributed by atoms with Gasteiger partial charge in [-0.15, -0.1) is 0 Å². The van der Waals surface area contributed by atoms with Crippen LogP contribution in [-0.2, 0) is 10.0 Å². The summed E-state index contributed by atoms with van der Waals surface area (Å²) in [5.41, 5.74) is 1.08. The number of nitrogens with one attached hydrogen (secondary N) is 1. The lowest BCUT2D eigenvalue weighted by atomic mass is 10.2. The highest BCUT2D eigenvalue weighted by atomic mass is 32.2. The standard InChI is InChI=1S/C16H13F3N2O2S/c1-11-2-5-14(6-3-11)24(22,23)21-9-8-12-10-13(4-7-15(12)21)20-16(17,18)19/h2-10,20H,1H3. The SMILES string of the molecule is Cc1ccc(S(=O)(=O)n2ccc3cc(NC(F)(F)F)ccc32)cc1. The Morgan fingerprint density at radius 1 is 1.00 bits per heavy atom. The van der Waals surface area contributed by atoms with Crippen LogP contribution in [0.25, 0.3) is 10.9 Å². The van der Waals surface area contributed by atoms with Crippen LogP contribution in [-0.4, -0.2) is 18.7 Å². The van der Waals surface area contributed by atoms with Gasteiger partial charge < -0.3 is 0 Å². The fraction of sp³-hybridized carbons (Fsp3) is 0.125. The van der Waals surface area contributed by atoms with Gasteiger partial charge in [0, 0.05) is 17.3 Å². The molecule has 2 aromatic carbocycles. The number of anilines is 1. The Labute approximate surface area is 136 Å². The van der Waals surface area contributed by atoms with Crippen LogP contribution in [0.15, 0.2) is 59.6 Å². The van der Waals surface area contributed by atoms with Crippen molar-refractivity contribution < 1.29 is 21.6 Å². The second-order valence-corrected chi connectivity index (χ2v) is 7.14. The lowest BCUT2D eigenvalue weighted by Gasteiger charge is -2.11. The van der Waals surface area contributed by atoms with Gasteiger partial charge >= 0.3 is 6.30 Å². The molecule has 0 aliphatic carbocycles. The molecule has 0 fully saturated rings. The van der Waals surface area contributed by atoms with E-state index in [9.17, 15) is 21.6 Å². The summed E-state index contributed by atoms with van der Waals surface area (Å²) in [6.45, 7) is 1.84. The van der Waals surface area contributed by atoms with Crippen LogP contribution in [0, 0.1) is 6.92 Å². The molecule has 0 unspecified atom stereocenters. The molecule has 1 aromatic heterocycles. The van der Waals surface area contributed by atoms with E-state index in [-0.39, 0.29) is 10.6 Å². The highest BCUT2D eigenvalue weighted by Crippen LogP contribution is 2.27. The quantitative estimate of drug-likeness (QED) is 0.720. The Morgan fingerprint density at radius 3 is 2.29 bits per heavy atom. The third-order valence-electron chi connectivity index (χ3n) is 3.52. The number of fused-ring (bicyclic) bond motifs is 1. The second-order valence-electron chi connectivity index (χ2n) is 5.33. The van der Waals surface area contributed by atoms with Gasteiger partial charge in [-0.05, 0) is 43.3 Å². The van der Waals surface area contributed by atoms with E-state index in [2.05, 4.69) is 0 Å². The van der Waals surface area contributed by atoms with Crippen LogP contribution in [0.3, 0.4) is 0 Å². The lowest BCUT2D eigenvalue weighted by Crippen LogP contribution is -2.20. The maximum Gasteiger partial charge on any atom is 0.482 e. The Kier molecular flexibility index (Phi) is 3.79. The van der Waals surface area contributed by atoms with Crippen LogP contribution >= 0.6 is 0 Å². The molecule has 0 bridgehead atoms. The first kappa shape index (κ1) is 16.4. The van der Waals surface area contributed by atoms with E-state index >= 15 is 0 Å². The van der Waals surface area contributed by atoms with Crippen molar-refractivity contribution >= 4 is 26.6 Å². The number of alkyl halides is 3. The molecular formula is C16H13F3N2O2S. The lowest BCUT2D eigenvalue weighted by molar-refractivity contribution is -0.0999. The minimum atomic E-state index is -4.55. The van der Waals surface area contributed by atoms with Gasteiger partial charge in [-0.1, -0.05) is 17.7 Å². The van der Waals surface area contributed by atoms with Crippen LogP contribution in [0.4, 0.5) is 18.9 Å². The largest absolute Gasteiger partial charge is 0.482 e. The van der Waals surface area contributed by atoms with Crippen molar-refractivity contribution in [1.82, 2.24) is 3.97 Å². The average molecular weight is 354 g/mol. The third kappa shape index (κ3) is 3.09. The van der Waals surface area contributed by atoms with E-state index in [1.807, 2.05) is 6.92 Å². The van der Waals surface area contributed by atoms with Crippen LogP contribution in [0.5, 0.6) is 0 Å². The molecule has 3 aromatic rings. The molecule has 0 saturated heterocycles. The molecule has 1 heterocycles. The molecule has 0 amide bonds. The number of benzene rings is 2. The van der Waals surface area contributed by atoms with Gasteiger partial charge in [0.15, 0.2) is 0 Å². The molecule has 0 spiro atoms. The molecule has 0 aliphatic heterocycles. The predicted molar refractivity (Wildman–Crippen MR) is 85.4 cm³/mol. The van der Waals surface area contributed by atoms with Gasteiger partial charge in [-0.2, -0.15) is 13.2 Å². The van der Waals surface area contributed by atoms with Gasteiger partial charge in [-0.3, -0.25) is 5.32 Å². The van der Waals surface area contributed by atoms with Gasteiger partial charge in [0.1, 0.15) is 0 Å². The predicted octanol–water partition coefficient (Wildman–Crippen LogP) is 4.12. The summed E-state index contributed by atoms with van der Waals surface area (Å²) in [4.78, 5) is 0.114. The number of hydrogen-bond donors (Lipinski definition) is 1. The number of aryl methyl sites for hydroxylation is 1. The van der Waals surface area contributed by atoms with Crippen molar-refractivity contribution in [3.8, 4) is 0 Å².